The van der Waals surface area contributed by atoms with Crippen molar-refractivity contribution in [3.05, 3.63) is 96.1 Å². The van der Waals surface area contributed by atoms with Gasteiger partial charge in [-0.25, -0.2) is 0 Å². The molecule has 3 aromatic rings. The highest BCUT2D eigenvalue weighted by Crippen LogP contribution is 2.31. The first-order valence-corrected chi connectivity index (χ1v) is 7.56. The van der Waals surface area contributed by atoms with Crippen LogP contribution < -0.4 is 4.74 Å². The minimum atomic E-state index is -0.180. The van der Waals surface area contributed by atoms with Crippen molar-refractivity contribution in [3.63, 3.8) is 0 Å². The summed E-state index contributed by atoms with van der Waals surface area (Å²) in [4.78, 5) is 12.2. The number of aromatic hydroxyl groups is 1. The zero-order valence-electron chi connectivity index (χ0n) is 12.9. The fraction of sp³-hybridized carbons (Fsp3) is 0. The van der Waals surface area contributed by atoms with Gasteiger partial charge < -0.3 is 9.84 Å². The molecule has 118 valence electrons. The monoisotopic (exact) mass is 316 g/mol. The van der Waals surface area contributed by atoms with Crippen LogP contribution in [0, 0.1) is 0 Å². The molecule has 0 atom stereocenters. The molecule has 1 N–H and O–H groups in total. The maximum absolute atomic E-state index is 12.2. The molecule has 3 rings (SSSR count). The van der Waals surface area contributed by atoms with Crippen LogP contribution in [0.25, 0.3) is 6.08 Å². The van der Waals surface area contributed by atoms with Crippen LogP contribution in [0.2, 0.25) is 0 Å². The van der Waals surface area contributed by atoms with E-state index < -0.39 is 0 Å². The van der Waals surface area contributed by atoms with Gasteiger partial charge in [-0.05, 0) is 42.0 Å². The maximum atomic E-state index is 12.2. The first-order valence-electron chi connectivity index (χ1n) is 7.56. The molecule has 0 aliphatic carbocycles. The third kappa shape index (κ3) is 3.90. The van der Waals surface area contributed by atoms with Crippen LogP contribution >= 0.6 is 0 Å². The predicted octanol–water partition coefficient (Wildman–Crippen LogP) is 5.08. The van der Waals surface area contributed by atoms with Crippen LogP contribution in [-0.4, -0.2) is 10.9 Å². The van der Waals surface area contributed by atoms with Crippen molar-refractivity contribution >= 4 is 11.9 Å². The molecular weight excluding hydrogens is 300 g/mol. The van der Waals surface area contributed by atoms with Gasteiger partial charge in [-0.15, -0.1) is 0 Å². The van der Waals surface area contributed by atoms with Gasteiger partial charge in [0, 0.05) is 5.56 Å². The third-order valence-electron chi connectivity index (χ3n) is 3.44. The fourth-order valence-corrected chi connectivity index (χ4v) is 2.20. The number of carbonyl (C=O) groups excluding carboxylic acids is 1. The minimum absolute atomic E-state index is 0.0715. The molecule has 3 aromatic carbocycles. The normalized spacial score (nSPS) is 10.7. The topological polar surface area (TPSA) is 46.5 Å². The number of allylic oxidation sites excluding steroid dienone is 1. The molecule has 0 bridgehead atoms. The number of hydrogen-bond acceptors (Lipinski definition) is 3. The number of hydrogen-bond donors (Lipinski definition) is 1. The largest absolute Gasteiger partial charge is 0.504 e. The summed E-state index contributed by atoms with van der Waals surface area (Å²) < 4.78 is 5.59. The van der Waals surface area contributed by atoms with Crippen molar-refractivity contribution in [2.75, 3.05) is 0 Å². The summed E-state index contributed by atoms with van der Waals surface area (Å²) in [5, 5.41) is 10.1. The predicted molar refractivity (Wildman–Crippen MR) is 94.4 cm³/mol. The first kappa shape index (κ1) is 15.6. The van der Waals surface area contributed by atoms with Crippen molar-refractivity contribution < 1.29 is 14.6 Å². The van der Waals surface area contributed by atoms with E-state index in [1.165, 1.54) is 12.1 Å². The van der Waals surface area contributed by atoms with E-state index in [4.69, 9.17) is 4.74 Å². The zero-order chi connectivity index (χ0) is 16.8. The van der Waals surface area contributed by atoms with Crippen LogP contribution in [0.15, 0.2) is 84.9 Å². The van der Waals surface area contributed by atoms with Gasteiger partial charge in [0.25, 0.3) is 0 Å². The van der Waals surface area contributed by atoms with Crippen molar-refractivity contribution in [3.8, 4) is 17.2 Å². The summed E-state index contributed by atoms with van der Waals surface area (Å²) in [5.74, 6) is 0.680. The third-order valence-corrected chi connectivity index (χ3v) is 3.44. The van der Waals surface area contributed by atoms with Crippen molar-refractivity contribution in [2.24, 2.45) is 0 Å². The zero-order valence-corrected chi connectivity index (χ0v) is 12.9. The molecule has 0 fully saturated rings. The van der Waals surface area contributed by atoms with E-state index in [1.807, 2.05) is 48.5 Å². The molecule has 3 nitrogen and oxygen atoms in total. The number of ether oxygens (including phenoxy) is 1. The Morgan fingerprint density at radius 2 is 1.54 bits per heavy atom. The van der Waals surface area contributed by atoms with Crippen LogP contribution in [-0.2, 0) is 0 Å². The molecule has 0 saturated carbocycles. The van der Waals surface area contributed by atoms with E-state index in [0.717, 1.165) is 5.56 Å². The number of phenolic OH excluding ortho intramolecular Hbond substituents is 1. The lowest BCUT2D eigenvalue weighted by atomic mass is 10.1. The van der Waals surface area contributed by atoms with Crippen molar-refractivity contribution in [2.45, 2.75) is 0 Å². The SMILES string of the molecule is O=C(C=Cc1ccccc1)c1ccc(Oc2ccccc2)c(O)c1. The van der Waals surface area contributed by atoms with Gasteiger partial charge in [-0.3, -0.25) is 4.79 Å². The number of rotatable bonds is 5. The minimum Gasteiger partial charge on any atom is -0.504 e. The van der Waals surface area contributed by atoms with Gasteiger partial charge in [0.05, 0.1) is 0 Å². The van der Waals surface area contributed by atoms with E-state index in [0.29, 0.717) is 17.1 Å². The molecular formula is C21H16O3. The molecule has 0 unspecified atom stereocenters. The van der Waals surface area contributed by atoms with Gasteiger partial charge in [0.15, 0.2) is 17.3 Å². The molecule has 0 aliphatic heterocycles. The second-order valence-electron chi connectivity index (χ2n) is 5.21. The summed E-state index contributed by atoms with van der Waals surface area (Å²) in [6.07, 6.45) is 3.23. The molecule has 0 spiro atoms. The van der Waals surface area contributed by atoms with Crippen molar-refractivity contribution in [1.82, 2.24) is 0 Å². The molecule has 0 radical (unpaired) electrons. The Hall–Kier alpha value is -3.33. The summed E-state index contributed by atoms with van der Waals surface area (Å²) >= 11 is 0. The van der Waals surface area contributed by atoms with E-state index in [1.54, 1.807) is 30.3 Å². The lowest BCUT2D eigenvalue weighted by molar-refractivity contribution is 0.104. The summed E-state index contributed by atoms with van der Waals surface area (Å²) in [6, 6.07) is 23.4. The highest BCUT2D eigenvalue weighted by Gasteiger charge is 2.08. The second kappa shape index (κ2) is 7.29. The molecule has 0 heterocycles. The summed E-state index contributed by atoms with van der Waals surface area (Å²) in [7, 11) is 0. The first-order chi connectivity index (χ1) is 11.7. The van der Waals surface area contributed by atoms with E-state index >= 15 is 0 Å². The Labute approximate surface area is 140 Å². The lowest BCUT2D eigenvalue weighted by Gasteiger charge is -2.08. The van der Waals surface area contributed by atoms with Crippen LogP contribution in [0.3, 0.4) is 0 Å². The fourth-order valence-electron chi connectivity index (χ4n) is 2.20. The maximum Gasteiger partial charge on any atom is 0.185 e. The Kier molecular flexibility index (Phi) is 4.73. The van der Waals surface area contributed by atoms with Crippen LogP contribution in [0.5, 0.6) is 17.2 Å². The molecule has 0 aliphatic rings. The lowest BCUT2D eigenvalue weighted by Crippen LogP contribution is -1.94. The summed E-state index contributed by atoms with van der Waals surface area (Å²) in [6.45, 7) is 0. The number of carbonyl (C=O) groups is 1. The number of phenols is 1. The number of ketones is 1. The highest BCUT2D eigenvalue weighted by molar-refractivity contribution is 6.07. The van der Waals surface area contributed by atoms with Crippen LogP contribution in [0.4, 0.5) is 0 Å². The Morgan fingerprint density at radius 1 is 0.875 bits per heavy atom. The second-order valence-corrected chi connectivity index (χ2v) is 5.21. The smallest absolute Gasteiger partial charge is 0.185 e. The van der Waals surface area contributed by atoms with Gasteiger partial charge in [-0.1, -0.05) is 54.6 Å². The highest BCUT2D eigenvalue weighted by atomic mass is 16.5. The van der Waals surface area contributed by atoms with E-state index in [2.05, 4.69) is 0 Å². The quantitative estimate of drug-likeness (QED) is 0.527. The van der Waals surface area contributed by atoms with Crippen LogP contribution in [0.1, 0.15) is 15.9 Å². The molecule has 0 saturated heterocycles. The van der Waals surface area contributed by atoms with Gasteiger partial charge in [-0.2, -0.15) is 0 Å². The Balaban J connectivity index is 1.74. The average molecular weight is 316 g/mol. The van der Waals surface area contributed by atoms with Crippen molar-refractivity contribution in [1.29, 1.82) is 0 Å². The van der Waals surface area contributed by atoms with E-state index in [9.17, 15) is 9.90 Å². The van der Waals surface area contributed by atoms with Gasteiger partial charge >= 0.3 is 0 Å². The van der Waals surface area contributed by atoms with Gasteiger partial charge in [0.1, 0.15) is 5.75 Å². The number of para-hydroxylation sites is 1. The standard InChI is InChI=1S/C21H16O3/c22-19(13-11-16-7-3-1-4-8-16)17-12-14-21(20(23)15-17)24-18-9-5-2-6-10-18/h1-15,23H. The van der Waals surface area contributed by atoms with Gasteiger partial charge in [0.2, 0.25) is 0 Å². The number of benzene rings is 3. The molecule has 3 heteroatoms. The average Bonchev–Trinajstić information content (AvgIpc) is 2.63. The molecule has 24 heavy (non-hydrogen) atoms. The molecule has 0 amide bonds. The Bertz CT molecular complexity index is 853. The summed E-state index contributed by atoms with van der Waals surface area (Å²) in [5.41, 5.74) is 1.35. The molecule has 0 aromatic heterocycles. The Morgan fingerprint density at radius 3 is 2.21 bits per heavy atom. The van der Waals surface area contributed by atoms with E-state index in [-0.39, 0.29) is 11.5 Å².